The molecule has 1 aromatic heterocycles. The van der Waals surface area contributed by atoms with Crippen LogP contribution in [0.25, 0.3) is 0 Å². The number of hydrogen-bond acceptors (Lipinski definition) is 7. The highest BCUT2D eigenvalue weighted by molar-refractivity contribution is 5.45. The highest BCUT2D eigenvalue weighted by Crippen LogP contribution is 2.20. The Hall–Kier alpha value is -1.63. The zero-order chi connectivity index (χ0) is 15.1. The first-order valence-corrected chi connectivity index (χ1v) is 7.71. The maximum Gasteiger partial charge on any atom is 0.232 e. The van der Waals surface area contributed by atoms with Crippen LogP contribution in [0, 0.1) is 0 Å². The second kappa shape index (κ2) is 7.97. The van der Waals surface area contributed by atoms with Gasteiger partial charge in [-0.05, 0) is 26.2 Å². The van der Waals surface area contributed by atoms with Gasteiger partial charge in [-0.15, -0.1) is 0 Å². The van der Waals surface area contributed by atoms with E-state index in [2.05, 4.69) is 37.0 Å². The lowest BCUT2D eigenvalue weighted by Crippen LogP contribution is -2.33. The highest BCUT2D eigenvalue weighted by Gasteiger charge is 2.18. The standard InChI is InChI=1S/C14H26N6O/c1-4-19(10-11-21-3)13-16-12(15-2)17-14(18-13)20-8-6-5-7-9-20/h4-11H2,1-3H3,(H,15,16,17,18). The molecule has 7 heteroatoms. The molecule has 0 aromatic carbocycles. The average Bonchev–Trinajstić information content (AvgIpc) is 2.56. The summed E-state index contributed by atoms with van der Waals surface area (Å²) >= 11 is 0. The average molecular weight is 294 g/mol. The maximum atomic E-state index is 5.16. The lowest BCUT2D eigenvalue weighted by atomic mass is 10.1. The van der Waals surface area contributed by atoms with E-state index < -0.39 is 0 Å². The van der Waals surface area contributed by atoms with Gasteiger partial charge in [-0.1, -0.05) is 0 Å². The number of nitrogens with one attached hydrogen (secondary N) is 1. The van der Waals surface area contributed by atoms with E-state index in [1.54, 1.807) is 7.11 Å². The normalized spacial score (nSPS) is 15.1. The molecule has 0 saturated carbocycles. The van der Waals surface area contributed by atoms with Gasteiger partial charge in [0.05, 0.1) is 6.61 Å². The third-order valence-corrected chi connectivity index (χ3v) is 3.70. The quantitative estimate of drug-likeness (QED) is 0.814. The molecule has 0 radical (unpaired) electrons. The second-order valence-corrected chi connectivity index (χ2v) is 5.13. The van der Waals surface area contributed by atoms with Crippen LogP contribution >= 0.6 is 0 Å². The van der Waals surface area contributed by atoms with E-state index in [1.807, 2.05) is 7.05 Å². The van der Waals surface area contributed by atoms with Gasteiger partial charge in [0.1, 0.15) is 0 Å². The summed E-state index contributed by atoms with van der Waals surface area (Å²) in [6.07, 6.45) is 3.70. The fourth-order valence-corrected chi connectivity index (χ4v) is 2.44. The highest BCUT2D eigenvalue weighted by atomic mass is 16.5. The van der Waals surface area contributed by atoms with Crippen molar-refractivity contribution in [3.05, 3.63) is 0 Å². The van der Waals surface area contributed by atoms with Crippen LogP contribution in [0.1, 0.15) is 26.2 Å². The summed E-state index contributed by atoms with van der Waals surface area (Å²) in [6.45, 7) is 6.43. The molecule has 0 spiro atoms. The molecule has 1 saturated heterocycles. The van der Waals surface area contributed by atoms with Gasteiger partial charge in [0.25, 0.3) is 0 Å². The number of nitrogens with zero attached hydrogens (tertiary/aromatic N) is 5. The van der Waals surface area contributed by atoms with E-state index in [9.17, 15) is 0 Å². The smallest absolute Gasteiger partial charge is 0.232 e. The Bertz CT molecular complexity index is 435. The molecule has 1 aliphatic heterocycles. The van der Waals surface area contributed by atoms with Crippen molar-refractivity contribution in [3.8, 4) is 0 Å². The summed E-state index contributed by atoms with van der Waals surface area (Å²) in [5.74, 6) is 2.12. The Kier molecular flexibility index (Phi) is 5.98. The molecule has 0 bridgehead atoms. The third-order valence-electron chi connectivity index (χ3n) is 3.70. The molecule has 0 amide bonds. The number of methoxy groups -OCH3 is 1. The Morgan fingerprint density at radius 2 is 1.95 bits per heavy atom. The molecule has 21 heavy (non-hydrogen) atoms. The van der Waals surface area contributed by atoms with Crippen LogP contribution in [-0.4, -0.2) is 61.9 Å². The number of likely N-dealkylation sites (N-methyl/N-ethyl adjacent to an activating group) is 1. The fourth-order valence-electron chi connectivity index (χ4n) is 2.44. The predicted octanol–water partition coefficient (Wildman–Crippen LogP) is 1.38. The first-order chi connectivity index (χ1) is 10.3. The van der Waals surface area contributed by atoms with Gasteiger partial charge in [0.2, 0.25) is 17.8 Å². The van der Waals surface area contributed by atoms with Crippen LogP contribution in [0.2, 0.25) is 0 Å². The van der Waals surface area contributed by atoms with Gasteiger partial charge in [0.15, 0.2) is 0 Å². The number of piperidine rings is 1. The zero-order valence-electron chi connectivity index (χ0n) is 13.3. The summed E-state index contributed by atoms with van der Waals surface area (Å²) in [5.41, 5.74) is 0. The van der Waals surface area contributed by atoms with Gasteiger partial charge in [0, 0.05) is 40.3 Å². The Balaban J connectivity index is 2.23. The molecule has 7 nitrogen and oxygen atoms in total. The largest absolute Gasteiger partial charge is 0.383 e. The van der Waals surface area contributed by atoms with E-state index in [4.69, 9.17) is 4.74 Å². The van der Waals surface area contributed by atoms with Gasteiger partial charge in [-0.3, -0.25) is 0 Å². The Labute approximate surface area is 126 Å². The van der Waals surface area contributed by atoms with E-state index in [1.165, 1.54) is 19.3 Å². The molecule has 1 aliphatic rings. The van der Waals surface area contributed by atoms with Crippen molar-refractivity contribution >= 4 is 17.8 Å². The molecular weight excluding hydrogens is 268 g/mol. The molecule has 2 heterocycles. The number of anilines is 3. The van der Waals surface area contributed by atoms with Gasteiger partial charge < -0.3 is 19.9 Å². The Morgan fingerprint density at radius 3 is 2.57 bits per heavy atom. The van der Waals surface area contributed by atoms with Crippen molar-refractivity contribution < 1.29 is 4.74 Å². The summed E-state index contributed by atoms with van der Waals surface area (Å²) in [4.78, 5) is 18.0. The molecule has 2 rings (SSSR count). The second-order valence-electron chi connectivity index (χ2n) is 5.13. The molecule has 0 atom stereocenters. The molecule has 1 fully saturated rings. The van der Waals surface area contributed by atoms with Gasteiger partial charge in [-0.25, -0.2) is 0 Å². The van der Waals surface area contributed by atoms with Crippen LogP contribution in [0.5, 0.6) is 0 Å². The van der Waals surface area contributed by atoms with Crippen molar-refractivity contribution in [2.45, 2.75) is 26.2 Å². The lowest BCUT2D eigenvalue weighted by molar-refractivity contribution is 0.205. The molecular formula is C14H26N6O. The topological polar surface area (TPSA) is 66.4 Å². The third kappa shape index (κ3) is 4.17. The van der Waals surface area contributed by atoms with Crippen molar-refractivity contribution in [1.82, 2.24) is 15.0 Å². The number of aromatic nitrogens is 3. The molecule has 118 valence electrons. The minimum atomic E-state index is 0.622. The van der Waals surface area contributed by atoms with E-state index in [0.29, 0.717) is 12.6 Å². The van der Waals surface area contributed by atoms with Crippen molar-refractivity contribution in [2.75, 3.05) is 62.1 Å². The zero-order valence-corrected chi connectivity index (χ0v) is 13.3. The molecule has 0 aliphatic carbocycles. The summed E-state index contributed by atoms with van der Waals surface area (Å²) in [7, 11) is 3.55. The first-order valence-electron chi connectivity index (χ1n) is 7.71. The minimum absolute atomic E-state index is 0.622. The fraction of sp³-hybridized carbons (Fsp3) is 0.786. The molecule has 1 N–H and O–H groups in total. The monoisotopic (exact) mass is 294 g/mol. The summed E-state index contributed by atoms with van der Waals surface area (Å²) < 4.78 is 5.16. The number of rotatable bonds is 7. The molecule has 1 aromatic rings. The van der Waals surface area contributed by atoms with Gasteiger partial charge >= 0.3 is 0 Å². The van der Waals surface area contributed by atoms with Crippen molar-refractivity contribution in [3.63, 3.8) is 0 Å². The lowest BCUT2D eigenvalue weighted by Gasteiger charge is -2.28. The van der Waals surface area contributed by atoms with Crippen molar-refractivity contribution in [1.29, 1.82) is 0 Å². The van der Waals surface area contributed by atoms with Gasteiger partial charge in [-0.2, -0.15) is 15.0 Å². The van der Waals surface area contributed by atoms with Crippen LogP contribution in [0.3, 0.4) is 0 Å². The predicted molar refractivity (Wildman–Crippen MR) is 85.2 cm³/mol. The summed E-state index contributed by atoms with van der Waals surface area (Å²) in [6, 6.07) is 0. The van der Waals surface area contributed by atoms with E-state index >= 15 is 0 Å². The summed E-state index contributed by atoms with van der Waals surface area (Å²) in [5, 5.41) is 3.04. The maximum absolute atomic E-state index is 5.16. The molecule has 0 unspecified atom stereocenters. The Morgan fingerprint density at radius 1 is 1.19 bits per heavy atom. The van der Waals surface area contributed by atoms with Crippen molar-refractivity contribution in [2.24, 2.45) is 0 Å². The first kappa shape index (κ1) is 15.8. The number of hydrogen-bond donors (Lipinski definition) is 1. The minimum Gasteiger partial charge on any atom is -0.383 e. The van der Waals surface area contributed by atoms with E-state index in [0.717, 1.165) is 38.1 Å². The van der Waals surface area contributed by atoms with Crippen LogP contribution < -0.4 is 15.1 Å². The van der Waals surface area contributed by atoms with Crippen LogP contribution in [0.15, 0.2) is 0 Å². The SMILES string of the molecule is CCN(CCOC)c1nc(NC)nc(N2CCCCC2)n1. The van der Waals surface area contributed by atoms with Crippen LogP contribution in [-0.2, 0) is 4.74 Å². The van der Waals surface area contributed by atoms with E-state index in [-0.39, 0.29) is 0 Å². The van der Waals surface area contributed by atoms with Crippen LogP contribution in [0.4, 0.5) is 17.8 Å². The number of ether oxygens (including phenoxy) is 1.